The molecule has 2 aliphatic rings. The lowest BCUT2D eigenvalue weighted by Crippen LogP contribution is -2.44. The van der Waals surface area contributed by atoms with Crippen LogP contribution in [0.15, 0.2) is 0 Å². The molecule has 18 heavy (non-hydrogen) atoms. The van der Waals surface area contributed by atoms with Crippen molar-refractivity contribution >= 4 is 6.03 Å². The molecule has 1 atom stereocenters. The Morgan fingerprint density at radius 1 is 1.11 bits per heavy atom. The molecule has 0 radical (unpaired) electrons. The summed E-state index contributed by atoms with van der Waals surface area (Å²) in [5, 5.41) is 3.22. The fourth-order valence-electron chi connectivity index (χ4n) is 3.16. The third-order valence-electron chi connectivity index (χ3n) is 4.63. The number of hydrogen-bond donors (Lipinski definition) is 1. The fourth-order valence-corrected chi connectivity index (χ4v) is 3.16. The van der Waals surface area contributed by atoms with Gasteiger partial charge in [0.15, 0.2) is 0 Å². The second-order valence-electron chi connectivity index (χ2n) is 7.08. The third-order valence-corrected chi connectivity index (χ3v) is 4.63. The lowest BCUT2D eigenvalue weighted by Gasteiger charge is -2.28. The predicted octanol–water partition coefficient (Wildman–Crippen LogP) is 3.40. The average molecular weight is 252 g/mol. The first-order valence-corrected chi connectivity index (χ1v) is 7.52. The molecule has 2 rings (SSSR count). The van der Waals surface area contributed by atoms with E-state index in [1.807, 2.05) is 4.90 Å². The Labute approximate surface area is 111 Å². The first-order chi connectivity index (χ1) is 8.47. The molecule has 0 aromatic rings. The van der Waals surface area contributed by atoms with E-state index in [0.717, 1.165) is 19.5 Å². The summed E-state index contributed by atoms with van der Waals surface area (Å²) in [6, 6.07) is 0.605. The maximum atomic E-state index is 12.2. The average Bonchev–Trinajstić information content (AvgIpc) is 2.79. The second-order valence-corrected chi connectivity index (χ2v) is 7.08. The SMILES string of the molecule is CC(C)(C)C1CCN(C(=O)NC2CCCCC2)C1. The minimum atomic E-state index is 0.175. The standard InChI is InChI=1S/C15H28N2O/c1-15(2,3)12-9-10-17(11-12)14(18)16-13-7-5-4-6-8-13/h12-13H,4-11H2,1-3H3,(H,16,18). The first kappa shape index (κ1) is 13.7. The normalized spacial score (nSPS) is 26.4. The second kappa shape index (κ2) is 5.50. The number of amides is 2. The van der Waals surface area contributed by atoms with Crippen molar-refractivity contribution in [2.45, 2.75) is 65.3 Å². The minimum absolute atomic E-state index is 0.175. The van der Waals surface area contributed by atoms with Crippen LogP contribution in [0.5, 0.6) is 0 Å². The first-order valence-electron chi connectivity index (χ1n) is 7.52. The molecule has 0 bridgehead atoms. The van der Waals surface area contributed by atoms with E-state index >= 15 is 0 Å². The van der Waals surface area contributed by atoms with Crippen LogP contribution in [0, 0.1) is 11.3 Å². The highest BCUT2D eigenvalue weighted by Gasteiger charge is 2.34. The topological polar surface area (TPSA) is 32.3 Å². The van der Waals surface area contributed by atoms with Gasteiger partial charge < -0.3 is 10.2 Å². The molecule has 0 spiro atoms. The van der Waals surface area contributed by atoms with Crippen molar-refractivity contribution in [2.24, 2.45) is 11.3 Å². The van der Waals surface area contributed by atoms with Crippen molar-refractivity contribution in [3.8, 4) is 0 Å². The number of rotatable bonds is 1. The van der Waals surface area contributed by atoms with Crippen molar-refractivity contribution in [1.82, 2.24) is 10.2 Å². The molecule has 104 valence electrons. The van der Waals surface area contributed by atoms with E-state index in [1.165, 1.54) is 32.1 Å². The Kier molecular flexibility index (Phi) is 4.18. The molecule has 2 fully saturated rings. The highest BCUT2D eigenvalue weighted by Crippen LogP contribution is 2.33. The van der Waals surface area contributed by atoms with E-state index < -0.39 is 0 Å². The lowest BCUT2D eigenvalue weighted by molar-refractivity contribution is 0.190. The Morgan fingerprint density at radius 2 is 1.78 bits per heavy atom. The molecule has 1 heterocycles. The number of urea groups is 1. The summed E-state index contributed by atoms with van der Waals surface area (Å²) in [4.78, 5) is 14.2. The van der Waals surface area contributed by atoms with Crippen molar-refractivity contribution in [2.75, 3.05) is 13.1 Å². The zero-order valence-corrected chi connectivity index (χ0v) is 12.2. The van der Waals surface area contributed by atoms with Gasteiger partial charge in [-0.2, -0.15) is 0 Å². The molecule has 2 amide bonds. The molecule has 1 saturated heterocycles. The third kappa shape index (κ3) is 3.39. The van der Waals surface area contributed by atoms with Gasteiger partial charge in [0.2, 0.25) is 0 Å². The van der Waals surface area contributed by atoms with Crippen LogP contribution in [0.2, 0.25) is 0 Å². The molecule has 1 aliphatic carbocycles. The zero-order chi connectivity index (χ0) is 13.2. The number of hydrogen-bond acceptors (Lipinski definition) is 1. The Balaban J connectivity index is 1.80. The number of nitrogens with one attached hydrogen (secondary N) is 1. The van der Waals surface area contributed by atoms with Crippen LogP contribution in [0.4, 0.5) is 4.79 Å². The summed E-state index contributed by atoms with van der Waals surface area (Å²) in [7, 11) is 0. The summed E-state index contributed by atoms with van der Waals surface area (Å²) in [5.74, 6) is 0.648. The van der Waals surface area contributed by atoms with E-state index in [4.69, 9.17) is 0 Å². The molecule has 1 aliphatic heterocycles. The highest BCUT2D eigenvalue weighted by molar-refractivity contribution is 5.74. The zero-order valence-electron chi connectivity index (χ0n) is 12.2. The number of nitrogens with zero attached hydrogens (tertiary/aromatic N) is 1. The van der Waals surface area contributed by atoms with Gasteiger partial charge in [-0.1, -0.05) is 40.0 Å². The Hall–Kier alpha value is -0.730. The maximum absolute atomic E-state index is 12.2. The molecule has 0 aromatic heterocycles. The summed E-state index contributed by atoms with van der Waals surface area (Å²) in [6.07, 6.45) is 7.37. The van der Waals surface area contributed by atoms with E-state index in [2.05, 4.69) is 26.1 Å². The van der Waals surface area contributed by atoms with Gasteiger partial charge in [0.25, 0.3) is 0 Å². The molecule has 0 aromatic carbocycles. The summed E-state index contributed by atoms with van der Waals surface area (Å²) >= 11 is 0. The van der Waals surface area contributed by atoms with E-state index in [1.54, 1.807) is 0 Å². The van der Waals surface area contributed by atoms with Crippen molar-refractivity contribution in [3.05, 3.63) is 0 Å². The van der Waals surface area contributed by atoms with Gasteiger partial charge in [-0.3, -0.25) is 0 Å². The van der Waals surface area contributed by atoms with E-state index in [-0.39, 0.29) is 6.03 Å². The van der Waals surface area contributed by atoms with Gasteiger partial charge in [-0.25, -0.2) is 4.79 Å². The van der Waals surface area contributed by atoms with Crippen LogP contribution in [-0.4, -0.2) is 30.1 Å². The van der Waals surface area contributed by atoms with Gasteiger partial charge in [0.1, 0.15) is 0 Å². The lowest BCUT2D eigenvalue weighted by atomic mass is 9.80. The molecular formula is C15H28N2O. The quantitative estimate of drug-likeness (QED) is 0.762. The van der Waals surface area contributed by atoms with Gasteiger partial charge in [-0.05, 0) is 30.6 Å². The molecular weight excluding hydrogens is 224 g/mol. The number of carbonyl (C=O) groups is 1. The maximum Gasteiger partial charge on any atom is 0.317 e. The summed E-state index contributed by atoms with van der Waals surface area (Å²) < 4.78 is 0. The minimum Gasteiger partial charge on any atom is -0.335 e. The number of likely N-dealkylation sites (tertiary alicyclic amines) is 1. The van der Waals surface area contributed by atoms with Crippen molar-refractivity contribution in [3.63, 3.8) is 0 Å². The molecule has 1 saturated carbocycles. The van der Waals surface area contributed by atoms with E-state index in [0.29, 0.717) is 17.4 Å². The van der Waals surface area contributed by atoms with Gasteiger partial charge >= 0.3 is 6.03 Å². The summed E-state index contributed by atoms with van der Waals surface area (Å²) in [5.41, 5.74) is 0.319. The number of carbonyl (C=O) groups excluding carboxylic acids is 1. The van der Waals surface area contributed by atoms with Crippen LogP contribution in [-0.2, 0) is 0 Å². The van der Waals surface area contributed by atoms with Crippen LogP contribution in [0.25, 0.3) is 0 Å². The van der Waals surface area contributed by atoms with Crippen LogP contribution in [0.1, 0.15) is 59.3 Å². The predicted molar refractivity (Wildman–Crippen MR) is 74.5 cm³/mol. The monoisotopic (exact) mass is 252 g/mol. The van der Waals surface area contributed by atoms with Crippen molar-refractivity contribution < 1.29 is 4.79 Å². The van der Waals surface area contributed by atoms with Gasteiger partial charge in [0, 0.05) is 19.1 Å². The smallest absolute Gasteiger partial charge is 0.317 e. The van der Waals surface area contributed by atoms with E-state index in [9.17, 15) is 4.79 Å². The Morgan fingerprint density at radius 3 is 2.33 bits per heavy atom. The van der Waals surface area contributed by atoms with Gasteiger partial charge in [0.05, 0.1) is 0 Å². The molecule has 1 N–H and O–H groups in total. The van der Waals surface area contributed by atoms with Crippen LogP contribution >= 0.6 is 0 Å². The molecule has 3 heteroatoms. The highest BCUT2D eigenvalue weighted by atomic mass is 16.2. The van der Waals surface area contributed by atoms with Crippen LogP contribution in [0.3, 0.4) is 0 Å². The fraction of sp³-hybridized carbons (Fsp3) is 0.933. The summed E-state index contributed by atoms with van der Waals surface area (Å²) in [6.45, 7) is 8.70. The van der Waals surface area contributed by atoms with Crippen LogP contribution < -0.4 is 5.32 Å². The van der Waals surface area contributed by atoms with Gasteiger partial charge in [-0.15, -0.1) is 0 Å². The molecule has 1 unspecified atom stereocenters. The molecule has 3 nitrogen and oxygen atoms in total. The van der Waals surface area contributed by atoms with Crippen molar-refractivity contribution in [1.29, 1.82) is 0 Å². The Bertz CT molecular complexity index is 289. The largest absolute Gasteiger partial charge is 0.335 e.